The monoisotopic (exact) mass is 326 g/mol. The van der Waals surface area contributed by atoms with Gasteiger partial charge in [0.25, 0.3) is 0 Å². The fraction of sp³-hybridized carbons (Fsp3) is 0.588. The SMILES string of the molecule is Cl.O=C(CC1CCCN1)NC(c1ccc(F)cc1)C1CCC1. The quantitative estimate of drug-likeness (QED) is 0.871. The molecule has 1 saturated heterocycles. The van der Waals surface area contributed by atoms with Crippen molar-refractivity contribution in [2.24, 2.45) is 5.92 Å². The molecule has 1 aliphatic carbocycles. The Bertz CT molecular complexity index is 484. The molecule has 2 aliphatic rings. The lowest BCUT2D eigenvalue weighted by molar-refractivity contribution is -0.122. The van der Waals surface area contributed by atoms with Crippen molar-refractivity contribution in [2.75, 3.05) is 6.54 Å². The molecule has 1 aliphatic heterocycles. The summed E-state index contributed by atoms with van der Waals surface area (Å²) < 4.78 is 13.1. The predicted octanol–water partition coefficient (Wildman–Crippen LogP) is 3.35. The molecule has 1 aromatic rings. The Morgan fingerprint density at radius 2 is 1.95 bits per heavy atom. The minimum absolute atomic E-state index is 0. The Labute approximate surface area is 137 Å². The molecule has 2 N–H and O–H groups in total. The van der Waals surface area contributed by atoms with Crippen LogP contribution in [0.15, 0.2) is 24.3 Å². The molecule has 2 atom stereocenters. The molecular formula is C17H24ClFN2O. The van der Waals surface area contributed by atoms with Crippen molar-refractivity contribution in [1.82, 2.24) is 10.6 Å². The van der Waals surface area contributed by atoms with Crippen LogP contribution in [-0.2, 0) is 4.79 Å². The summed E-state index contributed by atoms with van der Waals surface area (Å²) in [6.45, 7) is 1.02. The Balaban J connectivity index is 0.00000176. The molecule has 22 heavy (non-hydrogen) atoms. The van der Waals surface area contributed by atoms with E-state index in [4.69, 9.17) is 0 Å². The van der Waals surface area contributed by atoms with Crippen molar-refractivity contribution in [2.45, 2.75) is 50.6 Å². The molecule has 0 spiro atoms. The summed E-state index contributed by atoms with van der Waals surface area (Å²) in [6, 6.07) is 6.91. The summed E-state index contributed by atoms with van der Waals surface area (Å²) in [5.41, 5.74) is 1.02. The third-order valence-electron chi connectivity index (χ3n) is 4.76. The minimum atomic E-state index is -0.229. The summed E-state index contributed by atoms with van der Waals surface area (Å²) in [7, 11) is 0. The van der Waals surface area contributed by atoms with E-state index in [2.05, 4.69) is 10.6 Å². The van der Waals surface area contributed by atoms with Crippen LogP contribution in [0, 0.1) is 11.7 Å². The third kappa shape index (κ3) is 4.20. The summed E-state index contributed by atoms with van der Waals surface area (Å²) in [5.74, 6) is 0.374. The number of benzene rings is 1. The van der Waals surface area contributed by atoms with Gasteiger partial charge in [-0.25, -0.2) is 4.39 Å². The fourth-order valence-electron chi connectivity index (χ4n) is 3.30. The zero-order valence-corrected chi connectivity index (χ0v) is 13.5. The Kier molecular flexibility index (Phi) is 6.21. The van der Waals surface area contributed by atoms with Crippen molar-refractivity contribution in [3.63, 3.8) is 0 Å². The number of carbonyl (C=O) groups excluding carboxylic acids is 1. The number of hydrogen-bond donors (Lipinski definition) is 2. The normalized spacial score (nSPS) is 22.5. The Morgan fingerprint density at radius 1 is 1.23 bits per heavy atom. The molecule has 1 amide bonds. The Hall–Kier alpha value is -1.13. The van der Waals surface area contributed by atoms with Crippen molar-refractivity contribution in [3.8, 4) is 0 Å². The number of hydrogen-bond acceptors (Lipinski definition) is 2. The van der Waals surface area contributed by atoms with E-state index in [0.29, 0.717) is 18.4 Å². The van der Waals surface area contributed by atoms with Crippen molar-refractivity contribution < 1.29 is 9.18 Å². The van der Waals surface area contributed by atoms with E-state index in [1.54, 1.807) is 12.1 Å². The highest BCUT2D eigenvalue weighted by atomic mass is 35.5. The minimum Gasteiger partial charge on any atom is -0.349 e. The maximum absolute atomic E-state index is 13.1. The second-order valence-electron chi connectivity index (χ2n) is 6.29. The highest BCUT2D eigenvalue weighted by molar-refractivity contribution is 5.85. The standard InChI is InChI=1S/C17H23FN2O.ClH/c18-14-8-6-13(7-9-14)17(12-3-1-4-12)20-16(21)11-15-5-2-10-19-15;/h6-9,12,15,17,19H,1-5,10-11H2,(H,20,21);1H. The van der Waals surface area contributed by atoms with Gasteiger partial charge in [-0.05, 0) is 55.8 Å². The van der Waals surface area contributed by atoms with Gasteiger partial charge in [0.1, 0.15) is 5.82 Å². The molecule has 0 aromatic heterocycles. The van der Waals surface area contributed by atoms with Gasteiger partial charge in [-0.3, -0.25) is 4.79 Å². The van der Waals surface area contributed by atoms with E-state index in [1.807, 2.05) is 0 Å². The van der Waals surface area contributed by atoms with Crippen LogP contribution < -0.4 is 10.6 Å². The zero-order chi connectivity index (χ0) is 14.7. The van der Waals surface area contributed by atoms with Crippen molar-refractivity contribution >= 4 is 18.3 Å². The zero-order valence-electron chi connectivity index (χ0n) is 12.7. The first-order valence-corrected chi connectivity index (χ1v) is 8.00. The highest BCUT2D eigenvalue weighted by Gasteiger charge is 2.30. The first-order valence-electron chi connectivity index (χ1n) is 8.00. The van der Waals surface area contributed by atoms with Crippen LogP contribution in [-0.4, -0.2) is 18.5 Å². The first kappa shape index (κ1) is 17.2. The lowest BCUT2D eigenvalue weighted by Crippen LogP contribution is -2.38. The average molecular weight is 327 g/mol. The maximum Gasteiger partial charge on any atom is 0.222 e. The van der Waals surface area contributed by atoms with Gasteiger partial charge in [0.05, 0.1) is 6.04 Å². The van der Waals surface area contributed by atoms with Crippen LogP contribution in [0.4, 0.5) is 4.39 Å². The predicted molar refractivity (Wildman–Crippen MR) is 87.5 cm³/mol. The lowest BCUT2D eigenvalue weighted by atomic mass is 9.77. The number of nitrogens with one attached hydrogen (secondary N) is 2. The second kappa shape index (κ2) is 7.93. The van der Waals surface area contributed by atoms with E-state index >= 15 is 0 Å². The molecule has 1 aromatic carbocycles. The van der Waals surface area contributed by atoms with Gasteiger partial charge < -0.3 is 10.6 Å². The van der Waals surface area contributed by atoms with Gasteiger partial charge in [0, 0.05) is 12.5 Å². The molecule has 122 valence electrons. The van der Waals surface area contributed by atoms with Crippen molar-refractivity contribution in [3.05, 3.63) is 35.6 Å². The van der Waals surface area contributed by atoms with E-state index < -0.39 is 0 Å². The maximum atomic E-state index is 13.1. The van der Waals surface area contributed by atoms with Crippen LogP contribution in [0.1, 0.15) is 50.1 Å². The molecule has 2 unspecified atom stereocenters. The third-order valence-corrected chi connectivity index (χ3v) is 4.76. The van der Waals surface area contributed by atoms with Crippen LogP contribution >= 0.6 is 12.4 Å². The molecule has 5 heteroatoms. The van der Waals surface area contributed by atoms with Gasteiger partial charge in [0.2, 0.25) is 5.91 Å². The van der Waals surface area contributed by atoms with Crippen LogP contribution in [0.3, 0.4) is 0 Å². The number of carbonyl (C=O) groups is 1. The summed E-state index contributed by atoms with van der Waals surface area (Å²) in [6.07, 6.45) is 6.29. The van der Waals surface area contributed by atoms with Crippen molar-refractivity contribution in [1.29, 1.82) is 0 Å². The Morgan fingerprint density at radius 3 is 2.50 bits per heavy atom. The largest absolute Gasteiger partial charge is 0.349 e. The molecule has 1 heterocycles. The lowest BCUT2D eigenvalue weighted by Gasteiger charge is -2.35. The number of amides is 1. The molecule has 3 rings (SSSR count). The van der Waals surface area contributed by atoms with Crippen LogP contribution in [0.5, 0.6) is 0 Å². The van der Waals surface area contributed by atoms with E-state index in [-0.39, 0.29) is 30.2 Å². The molecule has 0 radical (unpaired) electrons. The second-order valence-corrected chi connectivity index (χ2v) is 6.29. The highest BCUT2D eigenvalue weighted by Crippen LogP contribution is 2.37. The van der Waals surface area contributed by atoms with E-state index in [9.17, 15) is 9.18 Å². The van der Waals surface area contributed by atoms with E-state index in [0.717, 1.165) is 37.8 Å². The average Bonchev–Trinajstić information content (AvgIpc) is 2.89. The number of halogens is 2. The van der Waals surface area contributed by atoms with Crippen LogP contribution in [0.2, 0.25) is 0 Å². The van der Waals surface area contributed by atoms with Gasteiger partial charge in [0.15, 0.2) is 0 Å². The summed E-state index contributed by atoms with van der Waals surface area (Å²) >= 11 is 0. The topological polar surface area (TPSA) is 41.1 Å². The molecule has 0 bridgehead atoms. The van der Waals surface area contributed by atoms with Gasteiger partial charge in [-0.15, -0.1) is 12.4 Å². The molecular weight excluding hydrogens is 303 g/mol. The van der Waals surface area contributed by atoms with Gasteiger partial charge >= 0.3 is 0 Å². The molecule has 2 fully saturated rings. The van der Waals surface area contributed by atoms with E-state index in [1.165, 1.54) is 18.6 Å². The summed E-state index contributed by atoms with van der Waals surface area (Å²) in [5, 5.41) is 6.53. The molecule has 3 nitrogen and oxygen atoms in total. The molecule has 1 saturated carbocycles. The number of rotatable bonds is 5. The summed E-state index contributed by atoms with van der Waals surface area (Å²) in [4.78, 5) is 12.3. The van der Waals surface area contributed by atoms with Crippen LogP contribution in [0.25, 0.3) is 0 Å². The first-order chi connectivity index (χ1) is 10.2. The van der Waals surface area contributed by atoms with Gasteiger partial charge in [-0.2, -0.15) is 0 Å². The smallest absolute Gasteiger partial charge is 0.222 e. The van der Waals surface area contributed by atoms with Gasteiger partial charge in [-0.1, -0.05) is 18.6 Å². The fourth-order valence-corrected chi connectivity index (χ4v) is 3.30.